The van der Waals surface area contributed by atoms with Crippen LogP contribution in [0.2, 0.25) is 10.0 Å². The van der Waals surface area contributed by atoms with Crippen LogP contribution < -0.4 is 5.32 Å². The maximum Gasteiger partial charge on any atom is 0.341 e. The molecule has 0 radical (unpaired) electrons. The Hall–Kier alpha value is -2.23. The summed E-state index contributed by atoms with van der Waals surface area (Å²) in [6.45, 7) is -0.639. The summed E-state index contributed by atoms with van der Waals surface area (Å²) in [5.74, 6) is -5.17. The highest BCUT2D eigenvalue weighted by molar-refractivity contribution is 7.91. The van der Waals surface area contributed by atoms with E-state index in [1.54, 1.807) is 0 Å². The number of hydrogen-bond acceptors (Lipinski definition) is 5. The van der Waals surface area contributed by atoms with Gasteiger partial charge in [-0.05, 0) is 42.5 Å². The maximum absolute atomic E-state index is 12.5. The third-order valence-corrected chi connectivity index (χ3v) is 4.97. The molecule has 0 spiro atoms. The topological polar surface area (TPSA) is 89.5 Å². The van der Waals surface area contributed by atoms with Gasteiger partial charge in [0.25, 0.3) is 5.91 Å². The zero-order chi connectivity index (χ0) is 20.2. The van der Waals surface area contributed by atoms with E-state index in [-0.39, 0.29) is 5.56 Å². The molecule has 6 nitrogen and oxygen atoms in total. The third-order valence-electron chi connectivity index (χ3n) is 3.13. The summed E-state index contributed by atoms with van der Waals surface area (Å²) >= 11 is 11.6. The molecule has 0 saturated carbocycles. The van der Waals surface area contributed by atoms with Gasteiger partial charge in [0, 0.05) is 15.7 Å². The zero-order valence-electron chi connectivity index (χ0n) is 13.3. The molecule has 0 aliphatic rings. The van der Waals surface area contributed by atoms with Crippen LogP contribution in [0.1, 0.15) is 10.4 Å². The van der Waals surface area contributed by atoms with E-state index in [0.717, 1.165) is 24.3 Å². The van der Waals surface area contributed by atoms with E-state index < -0.39 is 39.0 Å². The van der Waals surface area contributed by atoms with Crippen LogP contribution in [0, 0.1) is 0 Å². The highest BCUT2D eigenvalue weighted by atomic mass is 35.5. The first-order chi connectivity index (χ1) is 12.6. The number of carbonyl (C=O) groups excluding carboxylic acids is 2. The predicted octanol–water partition coefficient (Wildman–Crippen LogP) is 3.79. The Morgan fingerprint density at radius 2 is 1.59 bits per heavy atom. The second-order valence-corrected chi connectivity index (χ2v) is 7.90. The van der Waals surface area contributed by atoms with Gasteiger partial charge in [-0.2, -0.15) is 8.78 Å². The quantitative estimate of drug-likeness (QED) is 0.694. The number of ether oxygens (including phenoxy) is 1. The van der Waals surface area contributed by atoms with Crippen molar-refractivity contribution in [1.82, 2.24) is 0 Å². The van der Waals surface area contributed by atoms with E-state index >= 15 is 0 Å². The van der Waals surface area contributed by atoms with Gasteiger partial charge in [-0.3, -0.25) is 4.79 Å². The fourth-order valence-electron chi connectivity index (χ4n) is 1.92. The number of sulfone groups is 1. The fourth-order valence-corrected chi connectivity index (χ4v) is 3.17. The Morgan fingerprint density at radius 3 is 2.11 bits per heavy atom. The van der Waals surface area contributed by atoms with Crippen molar-refractivity contribution in [2.24, 2.45) is 0 Å². The maximum atomic E-state index is 12.5. The molecule has 2 aromatic carbocycles. The molecule has 27 heavy (non-hydrogen) atoms. The second kappa shape index (κ2) is 8.64. The first kappa shape index (κ1) is 21.1. The van der Waals surface area contributed by atoms with E-state index in [0.29, 0.717) is 15.7 Å². The molecule has 144 valence electrons. The Labute approximate surface area is 162 Å². The molecule has 2 rings (SSSR count). The standard InChI is InChI=1S/C16H11Cl2F2NO5S/c17-10-5-11(18)7-12(6-10)21-14(22)8-26-15(23)9-1-3-13(4-2-9)27(24,25)16(19)20/h1-7,16H,8H2,(H,21,22). The van der Waals surface area contributed by atoms with Crippen LogP contribution in [-0.4, -0.2) is 32.7 Å². The average Bonchev–Trinajstić information content (AvgIpc) is 2.58. The zero-order valence-corrected chi connectivity index (χ0v) is 15.6. The molecule has 1 N–H and O–H groups in total. The SMILES string of the molecule is O=C(COC(=O)c1ccc(S(=O)(=O)C(F)F)cc1)Nc1cc(Cl)cc(Cl)c1. The molecule has 0 heterocycles. The highest BCUT2D eigenvalue weighted by Crippen LogP contribution is 2.22. The molecular weight excluding hydrogens is 427 g/mol. The van der Waals surface area contributed by atoms with Gasteiger partial charge < -0.3 is 10.1 Å². The monoisotopic (exact) mass is 437 g/mol. The normalized spacial score (nSPS) is 11.3. The van der Waals surface area contributed by atoms with Crippen LogP contribution in [0.15, 0.2) is 47.4 Å². The smallest absolute Gasteiger partial charge is 0.341 e. The number of benzene rings is 2. The van der Waals surface area contributed by atoms with Crippen molar-refractivity contribution >= 4 is 50.6 Å². The minimum atomic E-state index is -4.76. The predicted molar refractivity (Wildman–Crippen MR) is 95.0 cm³/mol. The van der Waals surface area contributed by atoms with Crippen LogP contribution in [0.25, 0.3) is 0 Å². The summed E-state index contributed by atoms with van der Waals surface area (Å²) in [7, 11) is -4.76. The second-order valence-electron chi connectivity index (χ2n) is 5.11. The lowest BCUT2D eigenvalue weighted by Gasteiger charge is -2.08. The molecule has 1 amide bonds. The van der Waals surface area contributed by atoms with Crippen molar-refractivity contribution in [3.05, 3.63) is 58.1 Å². The number of hydrogen-bond donors (Lipinski definition) is 1. The van der Waals surface area contributed by atoms with Crippen molar-refractivity contribution in [3.63, 3.8) is 0 Å². The van der Waals surface area contributed by atoms with E-state index in [2.05, 4.69) is 5.32 Å². The van der Waals surface area contributed by atoms with Crippen molar-refractivity contribution in [3.8, 4) is 0 Å². The molecule has 0 fully saturated rings. The summed E-state index contributed by atoms with van der Waals surface area (Å²) in [6.07, 6.45) is 0. The lowest BCUT2D eigenvalue weighted by atomic mass is 10.2. The van der Waals surface area contributed by atoms with Gasteiger partial charge in [0.1, 0.15) is 0 Å². The molecular formula is C16H11Cl2F2NO5S. The van der Waals surface area contributed by atoms with Gasteiger partial charge in [0.15, 0.2) is 6.61 Å². The van der Waals surface area contributed by atoms with Gasteiger partial charge in [-0.25, -0.2) is 13.2 Å². The average molecular weight is 438 g/mol. The number of esters is 1. The largest absolute Gasteiger partial charge is 0.452 e. The van der Waals surface area contributed by atoms with E-state index in [1.165, 1.54) is 18.2 Å². The minimum absolute atomic E-state index is 0.109. The van der Waals surface area contributed by atoms with E-state index in [4.69, 9.17) is 27.9 Å². The summed E-state index contributed by atoms with van der Waals surface area (Å²) in [6, 6.07) is 8.07. The summed E-state index contributed by atoms with van der Waals surface area (Å²) < 4.78 is 52.3. The first-order valence-electron chi connectivity index (χ1n) is 7.15. The van der Waals surface area contributed by atoms with Gasteiger partial charge in [0.2, 0.25) is 9.84 Å². The van der Waals surface area contributed by atoms with E-state index in [9.17, 15) is 26.8 Å². The van der Waals surface area contributed by atoms with Crippen LogP contribution >= 0.6 is 23.2 Å². The van der Waals surface area contributed by atoms with Crippen molar-refractivity contribution in [2.45, 2.75) is 10.7 Å². The number of anilines is 1. The lowest BCUT2D eigenvalue weighted by Crippen LogP contribution is -2.21. The van der Waals surface area contributed by atoms with Gasteiger partial charge in [-0.1, -0.05) is 23.2 Å². The lowest BCUT2D eigenvalue weighted by molar-refractivity contribution is -0.119. The number of halogens is 4. The Bertz CT molecular complexity index is 945. The van der Waals surface area contributed by atoms with Crippen LogP contribution in [0.5, 0.6) is 0 Å². The van der Waals surface area contributed by atoms with Crippen LogP contribution in [-0.2, 0) is 19.4 Å². The molecule has 0 aliphatic carbocycles. The Morgan fingerprint density at radius 1 is 1.04 bits per heavy atom. The Balaban J connectivity index is 1.96. The molecule has 0 saturated heterocycles. The number of rotatable bonds is 6. The van der Waals surface area contributed by atoms with Crippen molar-refractivity contribution in [2.75, 3.05) is 11.9 Å². The van der Waals surface area contributed by atoms with Crippen LogP contribution in [0.3, 0.4) is 0 Å². The van der Waals surface area contributed by atoms with Crippen molar-refractivity contribution in [1.29, 1.82) is 0 Å². The fraction of sp³-hybridized carbons (Fsp3) is 0.125. The third kappa shape index (κ3) is 5.62. The number of alkyl halides is 2. The molecule has 0 aromatic heterocycles. The number of amides is 1. The molecule has 0 atom stereocenters. The van der Waals surface area contributed by atoms with Gasteiger partial charge in [-0.15, -0.1) is 0 Å². The first-order valence-corrected chi connectivity index (χ1v) is 9.45. The summed E-state index contributed by atoms with van der Waals surface area (Å²) in [5.41, 5.74) is 0.192. The highest BCUT2D eigenvalue weighted by Gasteiger charge is 2.26. The Kier molecular flexibility index (Phi) is 6.74. The van der Waals surface area contributed by atoms with Crippen LogP contribution in [0.4, 0.5) is 14.5 Å². The number of nitrogens with one attached hydrogen (secondary N) is 1. The molecule has 0 unspecified atom stereocenters. The van der Waals surface area contributed by atoms with Gasteiger partial charge >= 0.3 is 11.7 Å². The van der Waals surface area contributed by atoms with Crippen molar-refractivity contribution < 1.29 is 31.5 Å². The van der Waals surface area contributed by atoms with E-state index in [1.807, 2.05) is 0 Å². The molecule has 0 aliphatic heterocycles. The number of carbonyl (C=O) groups is 2. The summed E-state index contributed by atoms with van der Waals surface area (Å²) in [4.78, 5) is 23.0. The minimum Gasteiger partial charge on any atom is -0.452 e. The molecule has 11 heteroatoms. The molecule has 2 aromatic rings. The molecule has 0 bridgehead atoms. The van der Waals surface area contributed by atoms with Gasteiger partial charge in [0.05, 0.1) is 10.5 Å². The summed E-state index contributed by atoms with van der Waals surface area (Å²) in [5, 5.41) is 3.02.